The van der Waals surface area contributed by atoms with Crippen LogP contribution < -0.4 is 0 Å². The van der Waals surface area contributed by atoms with Crippen LogP contribution >= 0.6 is 0 Å². The fourth-order valence-corrected chi connectivity index (χ4v) is 17.9. The van der Waals surface area contributed by atoms with Crippen LogP contribution in [-0.4, -0.2) is 69.4 Å². The van der Waals surface area contributed by atoms with Gasteiger partial charge in [0.1, 0.15) is 33.6 Å². The van der Waals surface area contributed by atoms with Gasteiger partial charge in [-0.2, -0.15) is 0 Å². The van der Waals surface area contributed by atoms with Crippen molar-refractivity contribution in [3.63, 3.8) is 0 Å². The fourth-order valence-electron chi connectivity index (χ4n) is 17.9. The molecule has 494 valence electrons. The summed E-state index contributed by atoms with van der Waals surface area (Å²) in [4.78, 5) is 95.4. The second-order valence-corrected chi connectivity index (χ2v) is 31.8. The smallest absolute Gasteiger partial charge is 0.312 e. The van der Waals surface area contributed by atoms with E-state index >= 15 is 28.8 Å². The van der Waals surface area contributed by atoms with E-state index in [0.29, 0.717) is 70.6 Å². The van der Waals surface area contributed by atoms with Crippen molar-refractivity contribution in [1.82, 2.24) is 0 Å². The summed E-state index contributed by atoms with van der Waals surface area (Å²) in [5.74, 6) is -2.71. The van der Waals surface area contributed by atoms with E-state index in [-0.39, 0.29) is 44.0 Å². The van der Waals surface area contributed by atoms with Crippen molar-refractivity contribution in [3.05, 3.63) is 0 Å². The second kappa shape index (κ2) is 29.4. The summed E-state index contributed by atoms with van der Waals surface area (Å²) in [6.45, 7) is 27.6. The Hall–Kier alpha value is -3.18. The standard InChI is InChI=1S/C74H126O12/c1-15-64(10,58(76)82-70(17-3)42-30-23-31-43-70)53-66(12,60(78)84-72(19-5)46-34-25-35-47-72)55-68(14,62(80)86-74(21-7)50-38-27-39-51-74)56-67(13,61(79)85-73(20-6)48-36-26-37-49-73)54-65(11,59(77)83-71(18-4)44-32-24-33-45-71)52-63(8,9)57(75)81-69(16-2)40-28-22-29-41-69/h15-56H2,1-14H3. The Labute approximate surface area is 523 Å². The van der Waals surface area contributed by atoms with Crippen molar-refractivity contribution < 1.29 is 57.2 Å². The molecule has 0 aromatic rings. The molecule has 6 fully saturated rings. The SMILES string of the molecule is CCC1(OC(=O)C(C)(C)CC(C)(CC(C)(CC(C)(CC(C)(CC(C)(CC)C(=O)OC2(CC)CCCCC2)C(=O)OC2(CC)CCCCC2)C(=O)OC2(CC)CCCCC2)C(=O)OC2(CC)CCCCC2)C(=O)OC2(CC)CCCCC2)CCCCC1. The van der Waals surface area contributed by atoms with Crippen molar-refractivity contribution in [2.24, 2.45) is 32.5 Å². The maximum atomic E-state index is 16.5. The second-order valence-electron chi connectivity index (χ2n) is 31.8. The van der Waals surface area contributed by atoms with Crippen LogP contribution in [0.15, 0.2) is 0 Å². The quantitative estimate of drug-likeness (QED) is 0.0516. The minimum absolute atomic E-state index is 0.00148. The molecule has 12 nitrogen and oxygen atoms in total. The highest BCUT2D eigenvalue weighted by Gasteiger charge is 2.60. The van der Waals surface area contributed by atoms with Gasteiger partial charge in [0.15, 0.2) is 0 Å². The molecule has 0 aromatic heterocycles. The molecule has 0 aromatic carbocycles. The number of esters is 6. The Morgan fingerprint density at radius 1 is 0.244 bits per heavy atom. The van der Waals surface area contributed by atoms with E-state index in [1.807, 2.05) is 55.4 Å². The zero-order valence-electron chi connectivity index (χ0n) is 57.6. The van der Waals surface area contributed by atoms with E-state index in [1.54, 1.807) is 0 Å². The van der Waals surface area contributed by atoms with Gasteiger partial charge in [0.05, 0.1) is 32.5 Å². The molecule has 0 bridgehead atoms. The van der Waals surface area contributed by atoms with Crippen LogP contribution in [0.2, 0.25) is 0 Å². The summed E-state index contributed by atoms with van der Waals surface area (Å²) in [6.07, 6.45) is 30.1. The number of hydrogen-bond acceptors (Lipinski definition) is 12. The first-order valence-corrected chi connectivity index (χ1v) is 35.9. The van der Waals surface area contributed by atoms with Crippen molar-refractivity contribution >= 4 is 35.8 Å². The summed E-state index contributed by atoms with van der Waals surface area (Å²) in [6, 6.07) is 0. The Kier molecular flexibility index (Phi) is 24.6. The van der Waals surface area contributed by atoms with Crippen LogP contribution in [0.25, 0.3) is 0 Å². The number of hydrogen-bond donors (Lipinski definition) is 0. The predicted molar refractivity (Wildman–Crippen MR) is 341 cm³/mol. The molecule has 6 saturated carbocycles. The Bertz CT molecular complexity index is 2250. The number of ether oxygens (including phenoxy) is 6. The highest BCUT2D eigenvalue weighted by molar-refractivity contribution is 5.86. The van der Waals surface area contributed by atoms with Crippen LogP contribution in [0.1, 0.15) is 367 Å². The lowest BCUT2D eigenvalue weighted by atomic mass is 9.58. The largest absolute Gasteiger partial charge is 0.459 e. The van der Waals surface area contributed by atoms with Gasteiger partial charge in [-0.05, 0) is 280 Å². The number of carbonyl (C=O) groups is 6. The number of carbonyl (C=O) groups excluding carboxylic acids is 6. The molecule has 0 radical (unpaired) electrons. The summed E-state index contributed by atoms with van der Waals surface area (Å²) in [5.41, 5.74) is -12.9. The minimum Gasteiger partial charge on any atom is -0.459 e. The average molecular weight is 1210 g/mol. The van der Waals surface area contributed by atoms with Gasteiger partial charge in [0, 0.05) is 0 Å². The third kappa shape index (κ3) is 17.0. The van der Waals surface area contributed by atoms with Crippen LogP contribution in [0.4, 0.5) is 0 Å². The lowest BCUT2D eigenvalue weighted by molar-refractivity contribution is -0.195. The monoisotopic (exact) mass is 1210 g/mol. The van der Waals surface area contributed by atoms with Gasteiger partial charge in [-0.15, -0.1) is 0 Å². The van der Waals surface area contributed by atoms with Gasteiger partial charge in [0.25, 0.3) is 0 Å². The molecule has 0 aliphatic heterocycles. The molecule has 6 aliphatic rings. The van der Waals surface area contributed by atoms with Crippen LogP contribution in [0, 0.1) is 32.5 Å². The summed E-state index contributed by atoms with van der Waals surface area (Å²) < 4.78 is 41.5. The van der Waals surface area contributed by atoms with E-state index in [2.05, 4.69) is 41.5 Å². The Morgan fingerprint density at radius 2 is 0.407 bits per heavy atom. The zero-order valence-corrected chi connectivity index (χ0v) is 57.6. The minimum atomic E-state index is -1.63. The van der Waals surface area contributed by atoms with Crippen molar-refractivity contribution in [2.45, 2.75) is 400 Å². The highest BCUT2D eigenvalue weighted by Crippen LogP contribution is 2.57. The van der Waals surface area contributed by atoms with Crippen LogP contribution in [-0.2, 0) is 57.2 Å². The third-order valence-electron chi connectivity index (χ3n) is 24.1. The zero-order chi connectivity index (χ0) is 63.4. The maximum absolute atomic E-state index is 16.5. The summed E-state index contributed by atoms with van der Waals surface area (Å²) in [7, 11) is 0. The molecule has 0 saturated heterocycles. The first-order chi connectivity index (χ1) is 40.5. The van der Waals surface area contributed by atoms with Gasteiger partial charge < -0.3 is 28.4 Å². The van der Waals surface area contributed by atoms with E-state index in [0.717, 1.165) is 167 Å². The Morgan fingerprint density at radius 3 is 0.593 bits per heavy atom. The summed E-state index contributed by atoms with van der Waals surface area (Å²) >= 11 is 0. The normalized spacial score (nSPS) is 25.3. The van der Waals surface area contributed by atoms with E-state index in [9.17, 15) is 0 Å². The lowest BCUT2D eigenvalue weighted by Crippen LogP contribution is -2.53. The fraction of sp³-hybridized carbons (Fsp3) is 0.919. The van der Waals surface area contributed by atoms with Gasteiger partial charge in [0.2, 0.25) is 0 Å². The molecule has 6 aliphatic carbocycles. The molecule has 5 unspecified atom stereocenters. The van der Waals surface area contributed by atoms with Crippen molar-refractivity contribution in [1.29, 1.82) is 0 Å². The lowest BCUT2D eigenvalue weighted by Gasteiger charge is -2.49. The molecule has 86 heavy (non-hydrogen) atoms. The van der Waals surface area contributed by atoms with Crippen molar-refractivity contribution in [3.8, 4) is 0 Å². The molecular formula is C74H126O12. The van der Waals surface area contributed by atoms with Gasteiger partial charge in [-0.1, -0.05) is 87.0 Å². The molecule has 6 rings (SSSR count). The van der Waals surface area contributed by atoms with Crippen LogP contribution in [0.3, 0.4) is 0 Å². The molecule has 5 atom stereocenters. The predicted octanol–water partition coefficient (Wildman–Crippen LogP) is 19.3. The number of rotatable bonds is 29. The molecule has 0 heterocycles. The summed E-state index contributed by atoms with van der Waals surface area (Å²) in [5, 5.41) is 0. The third-order valence-corrected chi connectivity index (χ3v) is 24.1. The Balaban J connectivity index is 1.57. The molecular weight excluding hydrogens is 1080 g/mol. The van der Waals surface area contributed by atoms with E-state index < -0.39 is 90.0 Å². The van der Waals surface area contributed by atoms with Crippen LogP contribution in [0.5, 0.6) is 0 Å². The van der Waals surface area contributed by atoms with Gasteiger partial charge in [-0.25, -0.2) is 0 Å². The first-order valence-electron chi connectivity index (χ1n) is 35.9. The topological polar surface area (TPSA) is 158 Å². The highest BCUT2D eigenvalue weighted by atomic mass is 16.6. The van der Waals surface area contributed by atoms with Crippen molar-refractivity contribution in [2.75, 3.05) is 0 Å². The molecule has 0 spiro atoms. The average Bonchev–Trinajstić information content (AvgIpc) is 0.945. The molecule has 12 heteroatoms. The maximum Gasteiger partial charge on any atom is 0.312 e. The van der Waals surface area contributed by atoms with Gasteiger partial charge >= 0.3 is 35.8 Å². The molecule has 0 N–H and O–H groups in total. The first kappa shape index (κ1) is 71.9. The van der Waals surface area contributed by atoms with E-state index in [1.165, 1.54) is 0 Å². The molecule has 0 amide bonds. The van der Waals surface area contributed by atoms with Gasteiger partial charge in [-0.3, -0.25) is 28.8 Å². The van der Waals surface area contributed by atoms with E-state index in [4.69, 9.17) is 28.4 Å².